The van der Waals surface area contributed by atoms with E-state index in [4.69, 9.17) is 5.73 Å². The fourth-order valence-corrected chi connectivity index (χ4v) is 3.19. The average Bonchev–Trinajstić information content (AvgIpc) is 2.06. The zero-order valence-electron chi connectivity index (χ0n) is 7.36. The van der Waals surface area contributed by atoms with Gasteiger partial charge in [0.15, 0.2) is 0 Å². The van der Waals surface area contributed by atoms with Gasteiger partial charge in [0.25, 0.3) is 0 Å². The van der Waals surface area contributed by atoms with Gasteiger partial charge >= 0.3 is 80.2 Å². The van der Waals surface area contributed by atoms with Gasteiger partial charge in [-0.15, -0.1) is 0 Å². The van der Waals surface area contributed by atoms with Gasteiger partial charge in [0.2, 0.25) is 0 Å². The first-order chi connectivity index (χ1) is 5.83. The molecule has 0 saturated heterocycles. The topological polar surface area (TPSA) is 26.0 Å². The van der Waals surface area contributed by atoms with Gasteiger partial charge in [0.1, 0.15) is 0 Å². The van der Waals surface area contributed by atoms with Crippen molar-refractivity contribution in [1.29, 1.82) is 0 Å². The maximum absolute atomic E-state index is 5.49. The molecule has 2 heteroatoms. The van der Waals surface area contributed by atoms with Crippen molar-refractivity contribution in [3.05, 3.63) is 30.3 Å². The molecule has 0 bridgehead atoms. The summed E-state index contributed by atoms with van der Waals surface area (Å²) in [6, 6.07) is 10.7. The normalized spacial score (nSPS) is 12.8. The van der Waals surface area contributed by atoms with Crippen molar-refractivity contribution < 1.29 is 0 Å². The Labute approximate surface area is 80.5 Å². The number of nitrogens with two attached hydrogens (primary N) is 1. The van der Waals surface area contributed by atoms with Gasteiger partial charge in [-0.2, -0.15) is 0 Å². The van der Waals surface area contributed by atoms with Crippen LogP contribution in [0.4, 0.5) is 0 Å². The van der Waals surface area contributed by atoms with Crippen LogP contribution in [-0.4, -0.2) is 21.5 Å². The average molecular weight is 228 g/mol. The summed E-state index contributed by atoms with van der Waals surface area (Å²) >= 11 is 0.598. The van der Waals surface area contributed by atoms with E-state index >= 15 is 0 Å². The van der Waals surface area contributed by atoms with Crippen molar-refractivity contribution in [3.8, 4) is 0 Å². The van der Waals surface area contributed by atoms with Crippen LogP contribution < -0.4 is 10.2 Å². The van der Waals surface area contributed by atoms with Crippen molar-refractivity contribution in [3.63, 3.8) is 0 Å². The van der Waals surface area contributed by atoms with E-state index in [1.807, 2.05) is 0 Å². The van der Waals surface area contributed by atoms with E-state index in [2.05, 4.69) is 37.3 Å². The minimum absolute atomic E-state index is 0.598. The van der Waals surface area contributed by atoms with Crippen LogP contribution >= 0.6 is 0 Å². The molecule has 0 aromatic heterocycles. The summed E-state index contributed by atoms with van der Waals surface area (Å²) in [5.74, 6) is 0. The summed E-state index contributed by atoms with van der Waals surface area (Å²) in [5, 5.41) is 0. The van der Waals surface area contributed by atoms with Crippen LogP contribution in [0.1, 0.15) is 13.3 Å². The third kappa shape index (κ3) is 3.40. The maximum atomic E-state index is 5.49. The van der Waals surface area contributed by atoms with Gasteiger partial charge in [0, 0.05) is 0 Å². The molecule has 0 aliphatic carbocycles. The van der Waals surface area contributed by atoms with Gasteiger partial charge in [-0.1, -0.05) is 0 Å². The molecular weight excluding hydrogens is 213 g/mol. The Hall–Kier alpha value is -0.301. The molecule has 0 aliphatic rings. The van der Waals surface area contributed by atoms with Crippen LogP contribution in [0.25, 0.3) is 0 Å². The Bertz CT molecular complexity index is 210. The van der Waals surface area contributed by atoms with E-state index in [0.717, 1.165) is 17.8 Å². The predicted octanol–water partition coefficient (Wildman–Crippen LogP) is 1.17. The molecule has 0 spiro atoms. The second-order valence-electron chi connectivity index (χ2n) is 2.82. The molecule has 0 heterocycles. The Morgan fingerprint density at radius 1 is 1.33 bits per heavy atom. The third-order valence-electron chi connectivity index (χ3n) is 1.65. The summed E-state index contributed by atoms with van der Waals surface area (Å²) in [4.78, 5) is 0.768. The molecule has 1 atom stereocenters. The first-order valence-electron chi connectivity index (χ1n) is 4.24. The van der Waals surface area contributed by atoms with E-state index in [9.17, 15) is 0 Å². The van der Waals surface area contributed by atoms with Crippen LogP contribution in [0.5, 0.6) is 0 Å². The summed E-state index contributed by atoms with van der Waals surface area (Å²) in [5.41, 5.74) is 5.49. The number of hydrogen-bond acceptors (Lipinski definition) is 1. The molecule has 0 radical (unpaired) electrons. The SMILES string of the molecule is CC(CCN)[Se]c1ccccc1. The zero-order chi connectivity index (χ0) is 8.81. The van der Waals surface area contributed by atoms with Crippen LogP contribution in [-0.2, 0) is 0 Å². The number of hydrogen-bond donors (Lipinski definition) is 1. The monoisotopic (exact) mass is 229 g/mol. The Morgan fingerprint density at radius 2 is 2.00 bits per heavy atom. The van der Waals surface area contributed by atoms with Gasteiger partial charge in [-0.25, -0.2) is 0 Å². The van der Waals surface area contributed by atoms with Gasteiger partial charge < -0.3 is 0 Å². The van der Waals surface area contributed by atoms with Gasteiger partial charge in [0.05, 0.1) is 0 Å². The van der Waals surface area contributed by atoms with Crippen molar-refractivity contribution in [2.75, 3.05) is 6.54 Å². The molecule has 1 unspecified atom stereocenters. The quantitative estimate of drug-likeness (QED) is 0.769. The van der Waals surface area contributed by atoms with Crippen LogP contribution in [0, 0.1) is 0 Å². The molecule has 0 fully saturated rings. The Morgan fingerprint density at radius 3 is 2.58 bits per heavy atom. The number of rotatable bonds is 4. The molecule has 1 nitrogen and oxygen atoms in total. The van der Waals surface area contributed by atoms with E-state index in [1.54, 1.807) is 0 Å². The molecule has 12 heavy (non-hydrogen) atoms. The van der Waals surface area contributed by atoms with Gasteiger partial charge in [-0.3, -0.25) is 0 Å². The predicted molar refractivity (Wildman–Crippen MR) is 54.9 cm³/mol. The fraction of sp³-hybridized carbons (Fsp3) is 0.400. The van der Waals surface area contributed by atoms with Crippen molar-refractivity contribution in [2.24, 2.45) is 5.73 Å². The van der Waals surface area contributed by atoms with E-state index < -0.39 is 0 Å². The third-order valence-corrected chi connectivity index (χ3v) is 4.13. The Balaban J connectivity index is 2.41. The molecule has 0 saturated carbocycles. The van der Waals surface area contributed by atoms with Crippen molar-refractivity contribution in [2.45, 2.75) is 18.2 Å². The van der Waals surface area contributed by atoms with Crippen LogP contribution in [0.2, 0.25) is 4.82 Å². The molecule has 0 aliphatic heterocycles. The molecule has 2 N–H and O–H groups in total. The van der Waals surface area contributed by atoms with Crippen molar-refractivity contribution in [1.82, 2.24) is 0 Å². The van der Waals surface area contributed by atoms with Crippen LogP contribution in [0.15, 0.2) is 30.3 Å². The van der Waals surface area contributed by atoms with E-state index in [0.29, 0.717) is 15.0 Å². The molecule has 1 aromatic carbocycles. The summed E-state index contributed by atoms with van der Waals surface area (Å²) in [6.07, 6.45) is 1.15. The minimum atomic E-state index is 0.598. The van der Waals surface area contributed by atoms with E-state index in [-0.39, 0.29) is 0 Å². The molecule has 1 aromatic rings. The standard InChI is InChI=1S/C10H15NSe/c1-9(7-8-11)12-10-5-3-2-4-6-10/h2-6,9H,7-8,11H2,1H3. The summed E-state index contributed by atoms with van der Waals surface area (Å²) in [7, 11) is 0. The van der Waals surface area contributed by atoms with E-state index in [1.165, 1.54) is 4.46 Å². The molecule has 1 rings (SSSR count). The van der Waals surface area contributed by atoms with Crippen LogP contribution in [0.3, 0.4) is 0 Å². The van der Waals surface area contributed by atoms with Gasteiger partial charge in [-0.05, 0) is 0 Å². The molecular formula is C10H15NSe. The van der Waals surface area contributed by atoms with Crippen molar-refractivity contribution >= 4 is 19.4 Å². The molecule has 66 valence electrons. The second kappa shape index (κ2) is 5.36. The zero-order valence-corrected chi connectivity index (χ0v) is 9.08. The summed E-state index contributed by atoms with van der Waals surface area (Å²) < 4.78 is 1.48. The fourth-order valence-electron chi connectivity index (χ4n) is 1.03. The Kier molecular flexibility index (Phi) is 4.37. The first kappa shape index (κ1) is 9.78. The molecule has 0 amide bonds. The first-order valence-corrected chi connectivity index (χ1v) is 6.09. The second-order valence-corrected chi connectivity index (χ2v) is 5.99. The number of benzene rings is 1. The summed E-state index contributed by atoms with van der Waals surface area (Å²) in [6.45, 7) is 3.09.